The van der Waals surface area contributed by atoms with Crippen LogP contribution < -0.4 is 10.1 Å². The molecule has 3 aliphatic rings. The van der Waals surface area contributed by atoms with Gasteiger partial charge in [-0.25, -0.2) is 0 Å². The van der Waals surface area contributed by atoms with Gasteiger partial charge >= 0.3 is 0 Å². The molecule has 0 aromatic heterocycles. The normalized spacial score (nSPS) is 25.4. The minimum atomic E-state index is 0.0226. The molecule has 160 valence electrons. The second-order valence-corrected chi connectivity index (χ2v) is 9.05. The maximum absolute atomic E-state index is 11.7. The number of hydrogen-bond acceptors (Lipinski definition) is 4. The van der Waals surface area contributed by atoms with Crippen molar-refractivity contribution in [3.8, 4) is 5.75 Å². The number of rotatable bonds is 7. The predicted molar refractivity (Wildman–Crippen MR) is 114 cm³/mol. The molecule has 2 heterocycles. The van der Waals surface area contributed by atoms with Crippen LogP contribution in [0.2, 0.25) is 0 Å². The van der Waals surface area contributed by atoms with Crippen molar-refractivity contribution in [3.63, 3.8) is 0 Å². The Kier molecular flexibility index (Phi) is 7.09. The molecule has 0 unspecified atom stereocenters. The molecule has 0 bridgehead atoms. The summed E-state index contributed by atoms with van der Waals surface area (Å²) in [6.07, 6.45) is 9.64. The fourth-order valence-corrected chi connectivity index (χ4v) is 5.46. The second-order valence-electron chi connectivity index (χ2n) is 9.05. The van der Waals surface area contributed by atoms with E-state index in [9.17, 15) is 4.79 Å². The molecule has 29 heavy (non-hydrogen) atoms. The van der Waals surface area contributed by atoms with Gasteiger partial charge < -0.3 is 19.7 Å². The average Bonchev–Trinajstić information content (AvgIpc) is 3.23. The number of carbonyl (C=O) groups excluding carboxylic acids is 1. The number of benzene rings is 1. The number of amides is 1. The number of nitrogens with one attached hydrogen (secondary N) is 1. The Balaban J connectivity index is 1.16. The van der Waals surface area contributed by atoms with E-state index in [-0.39, 0.29) is 12.5 Å². The second kappa shape index (κ2) is 9.94. The van der Waals surface area contributed by atoms with E-state index in [1.54, 1.807) is 12.7 Å². The van der Waals surface area contributed by atoms with E-state index >= 15 is 0 Å². The third-order valence-electron chi connectivity index (χ3n) is 7.15. The maximum Gasteiger partial charge on any atom is 0.246 e. The van der Waals surface area contributed by atoms with Gasteiger partial charge in [0, 0.05) is 25.1 Å². The molecule has 1 saturated heterocycles. The zero-order valence-corrected chi connectivity index (χ0v) is 17.8. The molecular weight excluding hydrogens is 364 g/mol. The summed E-state index contributed by atoms with van der Waals surface area (Å²) in [5.74, 6) is 2.67. The highest BCUT2D eigenvalue weighted by molar-refractivity contribution is 5.77. The van der Waals surface area contributed by atoms with Gasteiger partial charge in [0.15, 0.2) is 0 Å². The Labute approximate surface area is 175 Å². The molecule has 0 atom stereocenters. The van der Waals surface area contributed by atoms with Crippen molar-refractivity contribution in [1.29, 1.82) is 0 Å². The molecule has 5 heteroatoms. The van der Waals surface area contributed by atoms with Crippen LogP contribution in [0.3, 0.4) is 0 Å². The van der Waals surface area contributed by atoms with Gasteiger partial charge in [0.25, 0.3) is 0 Å². The van der Waals surface area contributed by atoms with Gasteiger partial charge in [0.1, 0.15) is 12.4 Å². The Hall–Kier alpha value is -1.59. The first-order valence-corrected chi connectivity index (χ1v) is 11.5. The fraction of sp³-hybridized carbons (Fsp3) is 0.708. The monoisotopic (exact) mass is 400 g/mol. The number of hydrogen-bond donors (Lipinski definition) is 1. The lowest BCUT2D eigenvalue weighted by atomic mass is 9.83. The summed E-state index contributed by atoms with van der Waals surface area (Å²) in [4.78, 5) is 14.3. The van der Waals surface area contributed by atoms with Crippen LogP contribution in [0.25, 0.3) is 0 Å². The molecule has 0 spiro atoms. The number of fused-ring (bicyclic) bond motifs is 1. The molecule has 1 saturated carbocycles. The molecule has 1 aromatic rings. The topological polar surface area (TPSA) is 50.8 Å². The number of nitrogens with zero attached hydrogens (tertiary/aromatic N) is 1. The number of likely N-dealkylation sites (tertiary alicyclic amines) is 1. The van der Waals surface area contributed by atoms with Crippen LogP contribution >= 0.6 is 0 Å². The van der Waals surface area contributed by atoms with Crippen molar-refractivity contribution >= 4 is 5.91 Å². The smallest absolute Gasteiger partial charge is 0.246 e. The lowest BCUT2D eigenvalue weighted by molar-refractivity contribution is -0.125. The molecule has 4 rings (SSSR count). The van der Waals surface area contributed by atoms with E-state index < -0.39 is 0 Å². The van der Waals surface area contributed by atoms with E-state index in [1.165, 1.54) is 57.3 Å². The zero-order valence-electron chi connectivity index (χ0n) is 17.8. The lowest BCUT2D eigenvalue weighted by Gasteiger charge is -2.35. The number of ether oxygens (including phenoxy) is 2. The van der Waals surface area contributed by atoms with Crippen molar-refractivity contribution in [2.45, 2.75) is 63.3 Å². The first kappa shape index (κ1) is 20.7. The summed E-state index contributed by atoms with van der Waals surface area (Å²) in [5.41, 5.74) is 3.02. The average molecular weight is 401 g/mol. The Morgan fingerprint density at radius 2 is 1.97 bits per heavy atom. The third-order valence-corrected chi connectivity index (χ3v) is 7.15. The summed E-state index contributed by atoms with van der Waals surface area (Å²) in [5, 5.41) is 3.10. The Bertz CT molecular complexity index is 677. The van der Waals surface area contributed by atoms with Crippen molar-refractivity contribution in [2.75, 3.05) is 40.0 Å². The summed E-state index contributed by atoms with van der Waals surface area (Å²) in [7, 11) is 1.57. The van der Waals surface area contributed by atoms with E-state index in [0.717, 1.165) is 37.5 Å². The molecule has 2 fully saturated rings. The predicted octanol–water partition coefficient (Wildman–Crippen LogP) is 3.51. The molecule has 1 N–H and O–H groups in total. The van der Waals surface area contributed by atoms with E-state index in [2.05, 4.69) is 28.4 Å². The number of piperidine rings is 1. The van der Waals surface area contributed by atoms with Crippen LogP contribution in [0.5, 0.6) is 5.75 Å². The molecule has 2 aliphatic heterocycles. The fourth-order valence-electron chi connectivity index (χ4n) is 5.46. The van der Waals surface area contributed by atoms with E-state index in [4.69, 9.17) is 9.47 Å². The standard InChI is InChI=1S/C24H36N2O3/c1-28-17-24(27)25-20-7-5-18(6-8-20)9-13-26-14-10-19(11-15-26)21-3-2-4-23-22(21)12-16-29-23/h2-4,18-20H,5-17H2,1H3,(H,25,27). The maximum atomic E-state index is 11.7. The SMILES string of the molecule is COCC(=O)NC1CCC(CCN2CCC(c3cccc4c3CCO4)CC2)CC1. The van der Waals surface area contributed by atoms with Crippen LogP contribution in [-0.2, 0) is 16.0 Å². The molecule has 1 aromatic carbocycles. The molecule has 1 aliphatic carbocycles. The van der Waals surface area contributed by atoms with Gasteiger partial charge in [-0.2, -0.15) is 0 Å². The summed E-state index contributed by atoms with van der Waals surface area (Å²) in [6, 6.07) is 6.97. The Morgan fingerprint density at radius 1 is 1.17 bits per heavy atom. The highest BCUT2D eigenvalue weighted by Gasteiger charge is 2.27. The highest BCUT2D eigenvalue weighted by atomic mass is 16.5. The quantitative estimate of drug-likeness (QED) is 0.761. The van der Waals surface area contributed by atoms with Crippen LogP contribution in [0.1, 0.15) is 62.0 Å². The zero-order chi connectivity index (χ0) is 20.1. The van der Waals surface area contributed by atoms with Gasteiger partial charge in [0.05, 0.1) is 6.61 Å². The molecule has 1 amide bonds. The van der Waals surface area contributed by atoms with Crippen LogP contribution in [0.4, 0.5) is 0 Å². The van der Waals surface area contributed by atoms with Gasteiger partial charge in [-0.05, 0) is 88.0 Å². The first-order chi connectivity index (χ1) is 14.2. The van der Waals surface area contributed by atoms with Gasteiger partial charge in [-0.15, -0.1) is 0 Å². The summed E-state index contributed by atoms with van der Waals surface area (Å²) in [6.45, 7) is 4.70. The lowest BCUT2D eigenvalue weighted by Crippen LogP contribution is -2.40. The number of carbonyl (C=O) groups is 1. The van der Waals surface area contributed by atoms with Gasteiger partial charge in [0.2, 0.25) is 5.91 Å². The van der Waals surface area contributed by atoms with Crippen molar-refractivity contribution in [1.82, 2.24) is 10.2 Å². The summed E-state index contributed by atoms with van der Waals surface area (Å²) >= 11 is 0. The van der Waals surface area contributed by atoms with Crippen molar-refractivity contribution in [3.05, 3.63) is 29.3 Å². The molecule has 0 radical (unpaired) electrons. The van der Waals surface area contributed by atoms with Crippen LogP contribution in [0.15, 0.2) is 18.2 Å². The first-order valence-electron chi connectivity index (χ1n) is 11.5. The number of methoxy groups -OCH3 is 1. The molecule has 5 nitrogen and oxygen atoms in total. The third kappa shape index (κ3) is 5.32. The molecular formula is C24H36N2O3. The highest BCUT2D eigenvalue weighted by Crippen LogP contribution is 2.37. The van der Waals surface area contributed by atoms with Crippen LogP contribution in [-0.4, -0.2) is 56.8 Å². The van der Waals surface area contributed by atoms with Crippen LogP contribution in [0, 0.1) is 5.92 Å². The minimum absolute atomic E-state index is 0.0226. The van der Waals surface area contributed by atoms with E-state index in [0.29, 0.717) is 12.0 Å². The minimum Gasteiger partial charge on any atom is -0.493 e. The van der Waals surface area contributed by atoms with Crippen molar-refractivity contribution < 1.29 is 14.3 Å². The van der Waals surface area contributed by atoms with Gasteiger partial charge in [-0.3, -0.25) is 4.79 Å². The van der Waals surface area contributed by atoms with E-state index in [1.807, 2.05) is 0 Å². The van der Waals surface area contributed by atoms with Crippen molar-refractivity contribution in [2.24, 2.45) is 5.92 Å². The Morgan fingerprint density at radius 3 is 2.72 bits per heavy atom. The largest absolute Gasteiger partial charge is 0.493 e. The summed E-state index contributed by atoms with van der Waals surface area (Å²) < 4.78 is 10.7. The van der Waals surface area contributed by atoms with Gasteiger partial charge in [-0.1, -0.05) is 12.1 Å².